The molecule has 9 heteroatoms. The normalized spacial score (nSPS) is 19.0. The Hall–Kier alpha value is -2.14. The molecule has 1 atom stereocenters. The molecule has 2 aliphatic rings. The number of fused-ring (bicyclic) bond motifs is 1. The van der Waals surface area contributed by atoms with Crippen molar-refractivity contribution in [1.29, 1.82) is 0 Å². The second-order valence-corrected chi connectivity index (χ2v) is 7.08. The Balaban J connectivity index is 0.00000240. The minimum absolute atomic E-state index is 0. The quantitative estimate of drug-likeness (QED) is 0.386. The van der Waals surface area contributed by atoms with Gasteiger partial charge in [-0.05, 0) is 18.1 Å². The third-order valence-corrected chi connectivity index (χ3v) is 5.26. The van der Waals surface area contributed by atoms with Crippen molar-refractivity contribution >= 4 is 41.5 Å². The predicted octanol–water partition coefficient (Wildman–Crippen LogP) is 1.58. The number of carbonyl (C=O) groups excluding carboxylic acids is 1. The van der Waals surface area contributed by atoms with Crippen LogP contribution < -0.4 is 10.2 Å². The Kier molecular flexibility index (Phi) is 7.12. The molecule has 1 fully saturated rings. The lowest BCUT2D eigenvalue weighted by atomic mass is 10.1. The number of amides is 1. The fraction of sp³-hybridized carbons (Fsp3) is 0.450. The van der Waals surface area contributed by atoms with Gasteiger partial charge < -0.3 is 19.9 Å². The average Bonchev–Trinajstić information content (AvgIpc) is 3.35. The van der Waals surface area contributed by atoms with Crippen LogP contribution in [0.2, 0.25) is 0 Å². The van der Waals surface area contributed by atoms with Gasteiger partial charge in [-0.3, -0.25) is 14.5 Å². The van der Waals surface area contributed by atoms with Crippen LogP contribution in [0.15, 0.2) is 41.7 Å². The summed E-state index contributed by atoms with van der Waals surface area (Å²) < 4.78 is 7.67. The van der Waals surface area contributed by atoms with Gasteiger partial charge in [0.25, 0.3) is 0 Å². The molecular formula is C20H27IN6O2. The summed E-state index contributed by atoms with van der Waals surface area (Å²) in [7, 11) is 3.64. The number of aromatic nitrogens is 2. The van der Waals surface area contributed by atoms with Gasteiger partial charge in [-0.2, -0.15) is 5.10 Å². The van der Waals surface area contributed by atoms with Crippen LogP contribution in [0.25, 0.3) is 0 Å². The van der Waals surface area contributed by atoms with Crippen LogP contribution >= 0.6 is 24.0 Å². The van der Waals surface area contributed by atoms with Gasteiger partial charge in [-0.15, -0.1) is 24.0 Å². The van der Waals surface area contributed by atoms with Crippen molar-refractivity contribution in [2.45, 2.75) is 12.5 Å². The molecule has 0 bridgehead atoms. The highest BCUT2D eigenvalue weighted by Crippen LogP contribution is 2.27. The Morgan fingerprint density at radius 3 is 2.93 bits per heavy atom. The van der Waals surface area contributed by atoms with Crippen LogP contribution in [-0.2, 0) is 23.0 Å². The lowest BCUT2D eigenvalue weighted by Crippen LogP contribution is -2.50. The van der Waals surface area contributed by atoms with E-state index < -0.39 is 0 Å². The molecule has 1 saturated heterocycles. The fourth-order valence-electron chi connectivity index (χ4n) is 3.83. The Bertz CT molecular complexity index is 883. The molecule has 1 aromatic heterocycles. The highest BCUT2D eigenvalue weighted by molar-refractivity contribution is 14.0. The van der Waals surface area contributed by atoms with Gasteiger partial charge in [0.15, 0.2) is 5.96 Å². The number of rotatable bonds is 3. The second kappa shape index (κ2) is 9.57. The number of ether oxygens (including phenoxy) is 1. The molecule has 1 N–H and O–H groups in total. The second-order valence-electron chi connectivity index (χ2n) is 7.08. The standard InChI is InChI=1S/C20H26N6O2.HI/c1-21-20(25-9-10-28-18(14-25)16-11-23-24(2)13-16)22-12-19(27)26-8-7-15-5-3-4-6-17(15)26;/h3-6,11,13,18H,7-10,12,14H2,1-2H3,(H,21,22);1H. The molecule has 0 radical (unpaired) electrons. The number of morpholine rings is 1. The summed E-state index contributed by atoms with van der Waals surface area (Å²) in [6, 6.07) is 8.09. The lowest BCUT2D eigenvalue weighted by Gasteiger charge is -2.34. The Labute approximate surface area is 187 Å². The topological polar surface area (TPSA) is 75.0 Å². The molecule has 0 aliphatic carbocycles. The summed E-state index contributed by atoms with van der Waals surface area (Å²) >= 11 is 0. The third kappa shape index (κ3) is 4.72. The van der Waals surface area contributed by atoms with Gasteiger partial charge in [0, 0.05) is 44.6 Å². The summed E-state index contributed by atoms with van der Waals surface area (Å²) in [6.45, 7) is 2.96. The van der Waals surface area contributed by atoms with Gasteiger partial charge >= 0.3 is 0 Å². The number of benzene rings is 1. The van der Waals surface area contributed by atoms with Gasteiger partial charge in [0.1, 0.15) is 6.10 Å². The van der Waals surface area contributed by atoms with E-state index in [2.05, 4.69) is 26.4 Å². The molecule has 2 aromatic rings. The van der Waals surface area contributed by atoms with E-state index in [1.165, 1.54) is 5.56 Å². The van der Waals surface area contributed by atoms with E-state index in [1.807, 2.05) is 42.5 Å². The van der Waals surface area contributed by atoms with Gasteiger partial charge in [0.2, 0.25) is 5.91 Å². The van der Waals surface area contributed by atoms with Crippen molar-refractivity contribution in [3.63, 3.8) is 0 Å². The maximum Gasteiger partial charge on any atom is 0.246 e. The highest BCUT2D eigenvalue weighted by Gasteiger charge is 2.27. The number of hydrogen-bond donors (Lipinski definition) is 1. The zero-order chi connectivity index (χ0) is 19.5. The Morgan fingerprint density at radius 2 is 2.17 bits per heavy atom. The predicted molar refractivity (Wildman–Crippen MR) is 123 cm³/mol. The molecule has 0 spiro atoms. The number of aryl methyl sites for hydroxylation is 1. The number of guanidine groups is 1. The summed E-state index contributed by atoms with van der Waals surface area (Å²) in [5, 5.41) is 7.46. The zero-order valence-corrected chi connectivity index (χ0v) is 19.1. The van der Waals surface area contributed by atoms with Crippen LogP contribution in [-0.4, -0.2) is 66.4 Å². The van der Waals surface area contributed by atoms with Crippen molar-refractivity contribution in [3.05, 3.63) is 47.8 Å². The smallest absolute Gasteiger partial charge is 0.246 e. The number of carbonyl (C=O) groups is 1. The third-order valence-electron chi connectivity index (χ3n) is 5.26. The molecule has 29 heavy (non-hydrogen) atoms. The molecule has 1 unspecified atom stereocenters. The maximum absolute atomic E-state index is 12.8. The van der Waals surface area contributed by atoms with E-state index >= 15 is 0 Å². The van der Waals surface area contributed by atoms with Crippen LogP contribution in [0.5, 0.6) is 0 Å². The summed E-state index contributed by atoms with van der Waals surface area (Å²) in [5.41, 5.74) is 3.30. The summed E-state index contributed by atoms with van der Waals surface area (Å²) in [6.07, 6.45) is 4.66. The first kappa shape index (κ1) is 21.6. The first-order valence-corrected chi connectivity index (χ1v) is 9.59. The van der Waals surface area contributed by atoms with E-state index in [1.54, 1.807) is 11.7 Å². The minimum Gasteiger partial charge on any atom is -0.370 e. The molecular weight excluding hydrogens is 483 g/mol. The highest BCUT2D eigenvalue weighted by atomic mass is 127. The number of nitrogens with zero attached hydrogens (tertiary/aromatic N) is 5. The molecule has 1 aromatic carbocycles. The minimum atomic E-state index is -0.0536. The summed E-state index contributed by atoms with van der Waals surface area (Å²) in [4.78, 5) is 21.1. The van der Waals surface area contributed by atoms with E-state index in [9.17, 15) is 4.79 Å². The van der Waals surface area contributed by atoms with Gasteiger partial charge in [0.05, 0.1) is 25.9 Å². The monoisotopic (exact) mass is 510 g/mol. The van der Waals surface area contributed by atoms with E-state index in [-0.39, 0.29) is 42.5 Å². The fourth-order valence-corrected chi connectivity index (χ4v) is 3.83. The van der Waals surface area contributed by atoms with Crippen LogP contribution in [0.3, 0.4) is 0 Å². The number of halogens is 1. The molecule has 1 amide bonds. The van der Waals surface area contributed by atoms with Crippen molar-refractivity contribution in [1.82, 2.24) is 20.0 Å². The molecule has 0 saturated carbocycles. The molecule has 2 aliphatic heterocycles. The van der Waals surface area contributed by atoms with Crippen LogP contribution in [0, 0.1) is 0 Å². The summed E-state index contributed by atoms with van der Waals surface area (Å²) in [5.74, 6) is 0.779. The van der Waals surface area contributed by atoms with Crippen LogP contribution in [0.1, 0.15) is 17.2 Å². The van der Waals surface area contributed by atoms with E-state index in [0.29, 0.717) is 13.2 Å². The molecule has 4 rings (SSSR count). The van der Waals surface area contributed by atoms with Crippen molar-refractivity contribution < 1.29 is 9.53 Å². The van der Waals surface area contributed by atoms with E-state index in [0.717, 1.165) is 36.7 Å². The lowest BCUT2D eigenvalue weighted by molar-refractivity contribution is -0.117. The van der Waals surface area contributed by atoms with Gasteiger partial charge in [-0.1, -0.05) is 18.2 Å². The largest absolute Gasteiger partial charge is 0.370 e. The average molecular weight is 510 g/mol. The van der Waals surface area contributed by atoms with Crippen molar-refractivity contribution in [3.8, 4) is 0 Å². The molecule has 8 nitrogen and oxygen atoms in total. The number of nitrogens with one attached hydrogen (secondary N) is 1. The van der Waals surface area contributed by atoms with Gasteiger partial charge in [-0.25, -0.2) is 0 Å². The van der Waals surface area contributed by atoms with Crippen molar-refractivity contribution in [2.75, 3.05) is 44.7 Å². The first-order valence-electron chi connectivity index (χ1n) is 9.59. The number of anilines is 1. The van der Waals surface area contributed by atoms with Crippen molar-refractivity contribution in [2.24, 2.45) is 12.0 Å². The number of aliphatic imine (C=N–C) groups is 1. The Morgan fingerprint density at radius 1 is 1.34 bits per heavy atom. The maximum atomic E-state index is 12.8. The first-order chi connectivity index (χ1) is 13.7. The van der Waals surface area contributed by atoms with E-state index in [4.69, 9.17) is 4.74 Å². The SMILES string of the molecule is CN=C(NCC(=O)N1CCc2ccccc21)N1CCOC(c2cnn(C)c2)C1.I. The number of hydrogen-bond acceptors (Lipinski definition) is 4. The number of para-hydroxylation sites is 1. The molecule has 3 heterocycles. The molecule has 156 valence electrons. The zero-order valence-electron chi connectivity index (χ0n) is 16.7. The van der Waals surface area contributed by atoms with Crippen LogP contribution in [0.4, 0.5) is 5.69 Å².